The van der Waals surface area contributed by atoms with Crippen LogP contribution in [0.2, 0.25) is 0 Å². The SMILES string of the molecule is OCCN(CCO)C(CO)c1ccccc1. The van der Waals surface area contributed by atoms with Crippen molar-refractivity contribution in [3.8, 4) is 0 Å². The summed E-state index contributed by atoms with van der Waals surface area (Å²) in [5.41, 5.74) is 0.993. The smallest absolute Gasteiger partial charge is 0.0628 e. The first-order valence-electron chi connectivity index (χ1n) is 5.45. The molecule has 0 aliphatic rings. The Morgan fingerprint density at radius 2 is 1.50 bits per heavy atom. The molecule has 90 valence electrons. The number of rotatable bonds is 7. The van der Waals surface area contributed by atoms with Crippen LogP contribution in [0, 0.1) is 0 Å². The Balaban J connectivity index is 2.77. The van der Waals surface area contributed by atoms with Crippen LogP contribution in [0.1, 0.15) is 11.6 Å². The zero-order valence-electron chi connectivity index (χ0n) is 9.29. The Bertz CT molecular complexity index is 273. The number of aliphatic hydroxyl groups excluding tert-OH is 3. The lowest BCUT2D eigenvalue weighted by atomic mass is 10.1. The van der Waals surface area contributed by atoms with E-state index in [0.717, 1.165) is 5.56 Å². The molecule has 0 aliphatic heterocycles. The average molecular weight is 225 g/mol. The molecule has 1 rings (SSSR count). The molecule has 0 spiro atoms. The van der Waals surface area contributed by atoms with Crippen molar-refractivity contribution in [2.75, 3.05) is 32.9 Å². The number of nitrogens with zero attached hydrogens (tertiary/aromatic N) is 1. The number of benzene rings is 1. The normalized spacial score (nSPS) is 13.0. The van der Waals surface area contributed by atoms with Gasteiger partial charge in [0.2, 0.25) is 0 Å². The lowest BCUT2D eigenvalue weighted by Gasteiger charge is -2.29. The van der Waals surface area contributed by atoms with Crippen molar-refractivity contribution >= 4 is 0 Å². The van der Waals surface area contributed by atoms with Gasteiger partial charge in [0.05, 0.1) is 25.9 Å². The summed E-state index contributed by atoms with van der Waals surface area (Å²) in [5.74, 6) is 0. The summed E-state index contributed by atoms with van der Waals surface area (Å²) >= 11 is 0. The van der Waals surface area contributed by atoms with Crippen molar-refractivity contribution in [1.29, 1.82) is 0 Å². The van der Waals surface area contributed by atoms with Crippen molar-refractivity contribution in [2.45, 2.75) is 6.04 Å². The van der Waals surface area contributed by atoms with E-state index >= 15 is 0 Å². The van der Waals surface area contributed by atoms with Gasteiger partial charge in [0, 0.05) is 13.1 Å². The molecule has 0 saturated carbocycles. The number of hydrogen-bond donors (Lipinski definition) is 3. The fraction of sp³-hybridized carbons (Fsp3) is 0.500. The van der Waals surface area contributed by atoms with Crippen molar-refractivity contribution < 1.29 is 15.3 Å². The average Bonchev–Trinajstić information content (AvgIpc) is 2.32. The molecular weight excluding hydrogens is 206 g/mol. The van der Waals surface area contributed by atoms with E-state index in [9.17, 15) is 5.11 Å². The minimum absolute atomic E-state index is 0.0172. The molecule has 0 fully saturated rings. The molecule has 1 aromatic carbocycles. The molecule has 1 atom stereocenters. The predicted octanol–water partition coefficient (Wildman–Crippen LogP) is 0.00660. The molecule has 1 aromatic rings. The van der Waals surface area contributed by atoms with Gasteiger partial charge in [-0.3, -0.25) is 4.90 Å². The Morgan fingerprint density at radius 1 is 0.938 bits per heavy atom. The summed E-state index contributed by atoms with van der Waals surface area (Å²) in [6, 6.07) is 9.44. The summed E-state index contributed by atoms with van der Waals surface area (Å²) in [4.78, 5) is 1.87. The summed E-state index contributed by atoms with van der Waals surface area (Å²) < 4.78 is 0. The maximum atomic E-state index is 9.40. The molecule has 0 heterocycles. The zero-order valence-corrected chi connectivity index (χ0v) is 9.29. The number of hydrogen-bond acceptors (Lipinski definition) is 4. The van der Waals surface area contributed by atoms with Gasteiger partial charge in [-0.2, -0.15) is 0 Å². The van der Waals surface area contributed by atoms with Crippen molar-refractivity contribution in [3.63, 3.8) is 0 Å². The van der Waals surface area contributed by atoms with Crippen molar-refractivity contribution in [2.24, 2.45) is 0 Å². The lowest BCUT2D eigenvalue weighted by Crippen LogP contribution is -2.35. The van der Waals surface area contributed by atoms with Crippen LogP contribution >= 0.6 is 0 Å². The first kappa shape index (κ1) is 13.1. The fourth-order valence-electron chi connectivity index (χ4n) is 1.79. The summed E-state index contributed by atoms with van der Waals surface area (Å²) in [6.07, 6.45) is 0. The van der Waals surface area contributed by atoms with Crippen molar-refractivity contribution in [3.05, 3.63) is 35.9 Å². The van der Waals surface area contributed by atoms with E-state index in [4.69, 9.17) is 10.2 Å². The minimum Gasteiger partial charge on any atom is -0.395 e. The summed E-state index contributed by atoms with van der Waals surface area (Å²) in [7, 11) is 0. The molecule has 0 aliphatic carbocycles. The van der Waals surface area contributed by atoms with Crippen LogP contribution in [0.15, 0.2) is 30.3 Å². The van der Waals surface area contributed by atoms with Crippen LogP contribution in [0.4, 0.5) is 0 Å². The van der Waals surface area contributed by atoms with Gasteiger partial charge in [0.25, 0.3) is 0 Å². The first-order valence-corrected chi connectivity index (χ1v) is 5.45. The van der Waals surface area contributed by atoms with Gasteiger partial charge in [-0.25, -0.2) is 0 Å². The van der Waals surface area contributed by atoms with E-state index < -0.39 is 0 Å². The molecule has 0 saturated heterocycles. The monoisotopic (exact) mass is 225 g/mol. The Hall–Kier alpha value is -0.940. The van der Waals surface area contributed by atoms with Gasteiger partial charge in [-0.05, 0) is 5.56 Å². The highest BCUT2D eigenvalue weighted by molar-refractivity contribution is 5.19. The highest BCUT2D eigenvalue weighted by atomic mass is 16.3. The predicted molar refractivity (Wildman–Crippen MR) is 62.0 cm³/mol. The van der Waals surface area contributed by atoms with Crippen molar-refractivity contribution in [1.82, 2.24) is 4.90 Å². The van der Waals surface area contributed by atoms with E-state index in [2.05, 4.69) is 0 Å². The third-order valence-electron chi connectivity index (χ3n) is 2.57. The van der Waals surface area contributed by atoms with E-state index in [1.807, 2.05) is 35.2 Å². The quantitative estimate of drug-likeness (QED) is 0.611. The van der Waals surface area contributed by atoms with E-state index in [1.54, 1.807) is 0 Å². The van der Waals surface area contributed by atoms with Crippen LogP contribution in [-0.2, 0) is 0 Å². The third kappa shape index (κ3) is 3.57. The standard InChI is InChI=1S/C12H19NO3/c14-8-6-13(7-9-15)12(10-16)11-4-2-1-3-5-11/h1-5,12,14-16H,6-10H2. The highest BCUT2D eigenvalue weighted by Crippen LogP contribution is 2.19. The topological polar surface area (TPSA) is 63.9 Å². The van der Waals surface area contributed by atoms with Crippen LogP contribution in [0.25, 0.3) is 0 Å². The summed E-state index contributed by atoms with van der Waals surface area (Å²) in [5, 5.41) is 27.3. The molecule has 16 heavy (non-hydrogen) atoms. The largest absolute Gasteiger partial charge is 0.395 e. The van der Waals surface area contributed by atoms with E-state index in [0.29, 0.717) is 13.1 Å². The van der Waals surface area contributed by atoms with Gasteiger partial charge in [0.1, 0.15) is 0 Å². The highest BCUT2D eigenvalue weighted by Gasteiger charge is 2.18. The second kappa shape index (κ2) is 7.35. The minimum atomic E-state index is -0.166. The molecule has 0 radical (unpaired) electrons. The Labute approximate surface area is 95.8 Å². The van der Waals surface area contributed by atoms with E-state index in [-0.39, 0.29) is 25.9 Å². The van der Waals surface area contributed by atoms with Crippen LogP contribution in [0.5, 0.6) is 0 Å². The molecule has 1 unspecified atom stereocenters. The Kier molecular flexibility index (Phi) is 6.03. The van der Waals surface area contributed by atoms with Gasteiger partial charge >= 0.3 is 0 Å². The molecule has 4 heteroatoms. The second-order valence-corrected chi connectivity index (χ2v) is 3.59. The molecule has 3 N–H and O–H groups in total. The van der Waals surface area contributed by atoms with E-state index in [1.165, 1.54) is 0 Å². The van der Waals surface area contributed by atoms with Crippen LogP contribution in [0.3, 0.4) is 0 Å². The molecule has 4 nitrogen and oxygen atoms in total. The first-order chi connectivity index (χ1) is 7.83. The Morgan fingerprint density at radius 3 is 1.94 bits per heavy atom. The summed E-state index contributed by atoms with van der Waals surface area (Å²) in [6.45, 7) is 0.901. The molecular formula is C12H19NO3. The zero-order chi connectivity index (χ0) is 11.8. The third-order valence-corrected chi connectivity index (χ3v) is 2.57. The van der Waals surface area contributed by atoms with Gasteiger partial charge in [0.15, 0.2) is 0 Å². The molecule has 0 bridgehead atoms. The lowest BCUT2D eigenvalue weighted by molar-refractivity contribution is 0.0840. The van der Waals surface area contributed by atoms with Crippen LogP contribution < -0.4 is 0 Å². The maximum absolute atomic E-state index is 9.40. The van der Waals surface area contributed by atoms with Gasteiger partial charge in [-0.15, -0.1) is 0 Å². The molecule has 0 aromatic heterocycles. The second-order valence-electron chi connectivity index (χ2n) is 3.59. The maximum Gasteiger partial charge on any atom is 0.0628 e. The fourth-order valence-corrected chi connectivity index (χ4v) is 1.79. The van der Waals surface area contributed by atoms with Crippen LogP contribution in [-0.4, -0.2) is 53.1 Å². The van der Waals surface area contributed by atoms with Gasteiger partial charge < -0.3 is 15.3 Å². The molecule has 0 amide bonds. The number of aliphatic hydroxyl groups is 3. The van der Waals surface area contributed by atoms with Gasteiger partial charge in [-0.1, -0.05) is 30.3 Å².